The summed E-state index contributed by atoms with van der Waals surface area (Å²) in [6.07, 6.45) is 2.10. The number of rotatable bonds is 4. The molecule has 0 aromatic carbocycles. The Morgan fingerprint density at radius 2 is 2.06 bits per heavy atom. The van der Waals surface area contributed by atoms with E-state index < -0.39 is 0 Å². The topological polar surface area (TPSA) is 58.0 Å². The van der Waals surface area contributed by atoms with Crippen LogP contribution < -0.4 is 5.32 Å². The smallest absolute Gasteiger partial charge is 0.129 e. The summed E-state index contributed by atoms with van der Waals surface area (Å²) in [4.78, 5) is 8.35. The van der Waals surface area contributed by atoms with Crippen molar-refractivity contribution in [2.45, 2.75) is 40.2 Å². The second kappa shape index (κ2) is 5.25. The molecule has 1 atom stereocenters. The van der Waals surface area contributed by atoms with E-state index in [0.29, 0.717) is 6.54 Å². The van der Waals surface area contributed by atoms with Crippen molar-refractivity contribution in [2.24, 2.45) is 5.41 Å². The molecule has 0 radical (unpaired) electrons. The largest absolute Gasteiger partial charge is 0.392 e. The van der Waals surface area contributed by atoms with Crippen molar-refractivity contribution in [3.63, 3.8) is 0 Å². The van der Waals surface area contributed by atoms with Gasteiger partial charge in [0.15, 0.2) is 0 Å². The second-order valence-corrected chi connectivity index (χ2v) is 5.36. The molecule has 1 rings (SSSR count). The Morgan fingerprint density at radius 1 is 1.38 bits per heavy atom. The van der Waals surface area contributed by atoms with Crippen LogP contribution in [0.1, 0.15) is 33.4 Å². The van der Waals surface area contributed by atoms with Gasteiger partial charge in [0.25, 0.3) is 0 Å². The van der Waals surface area contributed by atoms with E-state index in [4.69, 9.17) is 5.11 Å². The molecule has 0 amide bonds. The molecule has 90 valence electrons. The number of hydrogen-bond donors (Lipinski definition) is 2. The Labute approximate surface area is 97.1 Å². The van der Waals surface area contributed by atoms with E-state index in [2.05, 4.69) is 36.1 Å². The maximum Gasteiger partial charge on any atom is 0.129 e. The van der Waals surface area contributed by atoms with Crippen molar-refractivity contribution in [2.75, 3.05) is 11.9 Å². The molecule has 0 aliphatic rings. The highest BCUT2D eigenvalue weighted by Gasteiger charge is 2.12. The summed E-state index contributed by atoms with van der Waals surface area (Å²) < 4.78 is 0. The van der Waals surface area contributed by atoms with Crippen LogP contribution in [0.3, 0.4) is 0 Å². The quantitative estimate of drug-likeness (QED) is 0.818. The van der Waals surface area contributed by atoms with Crippen LogP contribution in [0.5, 0.6) is 0 Å². The van der Waals surface area contributed by atoms with Gasteiger partial charge in [0.2, 0.25) is 0 Å². The Bertz CT molecular complexity index is 331. The van der Waals surface area contributed by atoms with Crippen LogP contribution in [-0.4, -0.2) is 27.7 Å². The number of nitrogens with one attached hydrogen (secondary N) is 1. The lowest BCUT2D eigenvalue weighted by Gasteiger charge is -2.17. The number of aromatic nitrogens is 2. The van der Waals surface area contributed by atoms with Crippen molar-refractivity contribution in [1.29, 1.82) is 0 Å². The molecule has 0 saturated carbocycles. The maximum absolute atomic E-state index is 9.16. The van der Waals surface area contributed by atoms with Gasteiger partial charge in [-0.05, 0) is 18.8 Å². The van der Waals surface area contributed by atoms with E-state index in [-0.39, 0.29) is 11.5 Å². The zero-order valence-corrected chi connectivity index (χ0v) is 10.5. The molecule has 0 aliphatic carbocycles. The lowest BCUT2D eigenvalue weighted by molar-refractivity contribution is 0.208. The van der Waals surface area contributed by atoms with E-state index in [9.17, 15) is 0 Å². The normalized spacial score (nSPS) is 13.6. The number of hydrogen-bond acceptors (Lipinski definition) is 4. The molecule has 1 unspecified atom stereocenters. The minimum atomic E-state index is -0.374. The summed E-state index contributed by atoms with van der Waals surface area (Å²) in [6.45, 7) is 8.78. The van der Waals surface area contributed by atoms with Gasteiger partial charge in [-0.1, -0.05) is 20.8 Å². The SMILES string of the molecule is CC(O)CNc1cc(CC(C)(C)C)ncn1. The number of aliphatic hydroxyl groups excluding tert-OH is 1. The monoisotopic (exact) mass is 223 g/mol. The molecule has 16 heavy (non-hydrogen) atoms. The second-order valence-electron chi connectivity index (χ2n) is 5.36. The fraction of sp³-hybridized carbons (Fsp3) is 0.667. The highest BCUT2D eigenvalue weighted by molar-refractivity contribution is 5.35. The lowest BCUT2D eigenvalue weighted by Crippen LogP contribution is -2.17. The highest BCUT2D eigenvalue weighted by Crippen LogP contribution is 2.19. The molecule has 0 bridgehead atoms. The van der Waals surface area contributed by atoms with E-state index >= 15 is 0 Å². The van der Waals surface area contributed by atoms with Crippen molar-refractivity contribution in [1.82, 2.24) is 9.97 Å². The van der Waals surface area contributed by atoms with Gasteiger partial charge in [0, 0.05) is 18.3 Å². The Hall–Kier alpha value is -1.16. The summed E-state index contributed by atoms with van der Waals surface area (Å²) >= 11 is 0. The van der Waals surface area contributed by atoms with E-state index in [1.807, 2.05) is 6.07 Å². The van der Waals surface area contributed by atoms with Crippen LogP contribution in [0.15, 0.2) is 12.4 Å². The van der Waals surface area contributed by atoms with Crippen molar-refractivity contribution in [3.05, 3.63) is 18.1 Å². The molecule has 4 nitrogen and oxygen atoms in total. The fourth-order valence-electron chi connectivity index (χ4n) is 1.39. The van der Waals surface area contributed by atoms with Gasteiger partial charge in [-0.15, -0.1) is 0 Å². The average Bonchev–Trinajstić information content (AvgIpc) is 2.12. The minimum absolute atomic E-state index is 0.218. The zero-order chi connectivity index (χ0) is 12.2. The van der Waals surface area contributed by atoms with Gasteiger partial charge >= 0.3 is 0 Å². The fourth-order valence-corrected chi connectivity index (χ4v) is 1.39. The summed E-state index contributed by atoms with van der Waals surface area (Å²) in [5.41, 5.74) is 1.24. The van der Waals surface area contributed by atoms with Crippen molar-refractivity contribution < 1.29 is 5.11 Å². The van der Waals surface area contributed by atoms with Crippen LogP contribution in [-0.2, 0) is 6.42 Å². The summed E-state index contributed by atoms with van der Waals surface area (Å²) in [5, 5.41) is 12.2. The van der Waals surface area contributed by atoms with Crippen molar-refractivity contribution in [3.8, 4) is 0 Å². The minimum Gasteiger partial charge on any atom is -0.392 e. The standard InChI is InChI=1S/C12H21N3O/c1-9(16)7-13-11-5-10(14-8-15-11)6-12(2,3)4/h5,8-9,16H,6-7H2,1-4H3,(H,13,14,15). The van der Waals surface area contributed by atoms with E-state index in [1.165, 1.54) is 0 Å². The van der Waals surface area contributed by atoms with Crippen molar-refractivity contribution >= 4 is 5.82 Å². The van der Waals surface area contributed by atoms with Gasteiger partial charge in [-0.3, -0.25) is 0 Å². The first-order valence-corrected chi connectivity index (χ1v) is 5.60. The van der Waals surface area contributed by atoms with Gasteiger partial charge in [-0.2, -0.15) is 0 Å². The molecular weight excluding hydrogens is 202 g/mol. The van der Waals surface area contributed by atoms with E-state index in [1.54, 1.807) is 13.3 Å². The molecular formula is C12H21N3O. The van der Waals surface area contributed by atoms with Gasteiger partial charge < -0.3 is 10.4 Å². The third-order valence-electron chi connectivity index (χ3n) is 2.01. The first kappa shape index (κ1) is 12.9. The third-order valence-corrected chi connectivity index (χ3v) is 2.01. The molecule has 1 aromatic heterocycles. The molecule has 2 N–H and O–H groups in total. The van der Waals surface area contributed by atoms with Crippen LogP contribution in [0.4, 0.5) is 5.82 Å². The van der Waals surface area contributed by atoms with Crippen LogP contribution in [0.2, 0.25) is 0 Å². The molecule has 4 heteroatoms. The zero-order valence-electron chi connectivity index (χ0n) is 10.5. The molecule has 0 saturated heterocycles. The van der Waals surface area contributed by atoms with Gasteiger partial charge in [0.1, 0.15) is 12.1 Å². The van der Waals surface area contributed by atoms with Gasteiger partial charge in [0.05, 0.1) is 6.10 Å². The average molecular weight is 223 g/mol. The lowest BCUT2D eigenvalue weighted by atomic mass is 9.90. The predicted octanol–water partition coefficient (Wildman–Crippen LogP) is 1.86. The number of anilines is 1. The predicted molar refractivity (Wildman–Crippen MR) is 65.4 cm³/mol. The highest BCUT2D eigenvalue weighted by atomic mass is 16.3. The maximum atomic E-state index is 9.16. The summed E-state index contributed by atoms with van der Waals surface area (Å²) in [7, 11) is 0. The van der Waals surface area contributed by atoms with Gasteiger partial charge in [-0.25, -0.2) is 9.97 Å². The molecule has 0 spiro atoms. The van der Waals surface area contributed by atoms with Crippen LogP contribution >= 0.6 is 0 Å². The van der Waals surface area contributed by atoms with Crippen LogP contribution in [0.25, 0.3) is 0 Å². The first-order chi connectivity index (χ1) is 7.37. The molecule has 1 heterocycles. The number of nitrogens with zero attached hydrogens (tertiary/aromatic N) is 2. The summed E-state index contributed by atoms with van der Waals surface area (Å²) in [6, 6.07) is 1.94. The van der Waals surface area contributed by atoms with Crippen LogP contribution in [0, 0.1) is 5.41 Å². The number of aliphatic hydroxyl groups is 1. The molecule has 0 aliphatic heterocycles. The Balaban J connectivity index is 2.64. The first-order valence-electron chi connectivity index (χ1n) is 5.60. The Morgan fingerprint density at radius 3 is 2.62 bits per heavy atom. The Kier molecular flexibility index (Phi) is 4.24. The third kappa shape index (κ3) is 5.07. The van der Waals surface area contributed by atoms with E-state index in [0.717, 1.165) is 17.9 Å². The molecule has 0 fully saturated rings. The molecule has 1 aromatic rings. The summed E-state index contributed by atoms with van der Waals surface area (Å²) in [5.74, 6) is 0.773.